The van der Waals surface area contributed by atoms with E-state index in [4.69, 9.17) is 10.00 Å². The highest BCUT2D eigenvalue weighted by Crippen LogP contribution is 2.24. The molecular weight excluding hydrogens is 328 g/mol. The SMILES string of the molecule is Cc1ccc(S(=O)(=O)N2CCC(C(=O)OCCCC#N)CC2)cc1. The highest BCUT2D eigenvalue weighted by Gasteiger charge is 2.32. The molecule has 130 valence electrons. The number of carbonyl (C=O) groups is 1. The Hall–Kier alpha value is -1.91. The number of esters is 1. The second kappa shape index (κ2) is 8.27. The lowest BCUT2D eigenvalue weighted by atomic mass is 9.98. The zero-order valence-corrected chi connectivity index (χ0v) is 14.6. The summed E-state index contributed by atoms with van der Waals surface area (Å²) >= 11 is 0. The topological polar surface area (TPSA) is 87.5 Å². The zero-order chi connectivity index (χ0) is 17.6. The Morgan fingerprint density at radius 1 is 1.29 bits per heavy atom. The maximum Gasteiger partial charge on any atom is 0.309 e. The second-order valence-electron chi connectivity index (χ2n) is 5.92. The third-order valence-electron chi connectivity index (χ3n) is 4.12. The van der Waals surface area contributed by atoms with E-state index in [1.165, 1.54) is 4.31 Å². The van der Waals surface area contributed by atoms with Gasteiger partial charge in [0, 0.05) is 19.5 Å². The molecule has 1 saturated heterocycles. The van der Waals surface area contributed by atoms with Crippen molar-refractivity contribution in [3.63, 3.8) is 0 Å². The molecule has 6 nitrogen and oxygen atoms in total. The molecule has 0 N–H and O–H groups in total. The average Bonchev–Trinajstić information content (AvgIpc) is 2.59. The molecule has 0 spiro atoms. The number of nitrogens with zero attached hydrogens (tertiary/aromatic N) is 2. The Morgan fingerprint density at radius 3 is 2.50 bits per heavy atom. The minimum absolute atomic E-state index is 0.244. The number of aryl methyl sites for hydroxylation is 1. The molecule has 1 aromatic carbocycles. The first-order valence-corrected chi connectivity index (χ1v) is 9.49. The predicted octanol–water partition coefficient (Wildman–Crippen LogP) is 2.24. The van der Waals surface area contributed by atoms with E-state index in [2.05, 4.69) is 0 Å². The molecule has 0 aromatic heterocycles. The Morgan fingerprint density at radius 2 is 1.92 bits per heavy atom. The van der Waals surface area contributed by atoms with Gasteiger partial charge in [-0.1, -0.05) is 17.7 Å². The van der Waals surface area contributed by atoms with E-state index in [0.29, 0.717) is 38.8 Å². The van der Waals surface area contributed by atoms with E-state index < -0.39 is 10.0 Å². The monoisotopic (exact) mass is 350 g/mol. The molecule has 1 aliphatic heterocycles. The summed E-state index contributed by atoms with van der Waals surface area (Å²) < 4.78 is 31.8. The maximum absolute atomic E-state index is 12.6. The van der Waals surface area contributed by atoms with Gasteiger partial charge in [0.15, 0.2) is 0 Å². The summed E-state index contributed by atoms with van der Waals surface area (Å²) in [5, 5.41) is 8.44. The number of rotatable bonds is 6. The van der Waals surface area contributed by atoms with Gasteiger partial charge in [0.05, 0.1) is 23.5 Å². The number of unbranched alkanes of at least 4 members (excludes halogenated alkanes) is 1. The normalized spacial score (nSPS) is 16.5. The van der Waals surface area contributed by atoms with Crippen LogP contribution in [-0.2, 0) is 19.6 Å². The molecule has 0 amide bonds. The molecule has 24 heavy (non-hydrogen) atoms. The van der Waals surface area contributed by atoms with Crippen LogP contribution in [0.25, 0.3) is 0 Å². The van der Waals surface area contributed by atoms with E-state index in [0.717, 1.165) is 5.56 Å². The highest BCUT2D eigenvalue weighted by molar-refractivity contribution is 7.89. The van der Waals surface area contributed by atoms with Gasteiger partial charge in [-0.05, 0) is 38.3 Å². The van der Waals surface area contributed by atoms with Gasteiger partial charge in [-0.25, -0.2) is 8.42 Å². The average molecular weight is 350 g/mol. The minimum Gasteiger partial charge on any atom is -0.465 e. The van der Waals surface area contributed by atoms with Gasteiger partial charge in [-0.3, -0.25) is 4.79 Å². The van der Waals surface area contributed by atoms with Crippen LogP contribution in [0, 0.1) is 24.2 Å². The Kier molecular flexibility index (Phi) is 6.35. The fourth-order valence-corrected chi connectivity index (χ4v) is 4.10. The van der Waals surface area contributed by atoms with Crippen molar-refractivity contribution in [2.45, 2.75) is 37.5 Å². The van der Waals surface area contributed by atoms with Crippen LogP contribution >= 0.6 is 0 Å². The van der Waals surface area contributed by atoms with E-state index in [-0.39, 0.29) is 23.4 Å². The molecular formula is C17H22N2O4S. The number of sulfonamides is 1. The van der Waals surface area contributed by atoms with Gasteiger partial charge < -0.3 is 4.74 Å². The molecule has 0 unspecified atom stereocenters. The number of carbonyl (C=O) groups excluding carboxylic acids is 1. The number of hydrogen-bond donors (Lipinski definition) is 0. The summed E-state index contributed by atoms with van der Waals surface area (Å²) in [5.74, 6) is -0.558. The molecule has 2 rings (SSSR count). The zero-order valence-electron chi connectivity index (χ0n) is 13.8. The van der Waals surface area contributed by atoms with E-state index in [1.807, 2.05) is 13.0 Å². The van der Waals surface area contributed by atoms with Crippen molar-refractivity contribution < 1.29 is 17.9 Å². The summed E-state index contributed by atoms with van der Waals surface area (Å²) in [7, 11) is -3.51. The van der Waals surface area contributed by atoms with Crippen LogP contribution in [0.15, 0.2) is 29.2 Å². The van der Waals surface area contributed by atoms with Crippen molar-refractivity contribution in [1.29, 1.82) is 5.26 Å². The number of piperidine rings is 1. The number of ether oxygens (including phenoxy) is 1. The summed E-state index contributed by atoms with van der Waals surface area (Å²) in [5.41, 5.74) is 1.01. The number of hydrogen-bond acceptors (Lipinski definition) is 5. The fraction of sp³-hybridized carbons (Fsp3) is 0.529. The van der Waals surface area contributed by atoms with Gasteiger partial charge in [-0.15, -0.1) is 0 Å². The molecule has 0 saturated carbocycles. The van der Waals surface area contributed by atoms with Crippen LogP contribution in [0.1, 0.15) is 31.2 Å². The third kappa shape index (κ3) is 4.56. The molecule has 0 radical (unpaired) electrons. The number of benzene rings is 1. The van der Waals surface area contributed by atoms with Crippen LogP contribution in [0.2, 0.25) is 0 Å². The largest absolute Gasteiger partial charge is 0.465 e. The minimum atomic E-state index is -3.51. The van der Waals surface area contributed by atoms with Gasteiger partial charge in [0.25, 0.3) is 0 Å². The Bertz CT molecular complexity index is 699. The number of nitriles is 1. The smallest absolute Gasteiger partial charge is 0.309 e. The summed E-state index contributed by atoms with van der Waals surface area (Å²) in [4.78, 5) is 12.2. The highest BCUT2D eigenvalue weighted by atomic mass is 32.2. The van der Waals surface area contributed by atoms with Gasteiger partial charge in [0.2, 0.25) is 10.0 Å². The molecule has 1 fully saturated rings. The van der Waals surface area contributed by atoms with Crippen molar-refractivity contribution in [1.82, 2.24) is 4.31 Å². The molecule has 1 aliphatic rings. The maximum atomic E-state index is 12.6. The van der Waals surface area contributed by atoms with E-state index >= 15 is 0 Å². The van der Waals surface area contributed by atoms with Crippen LogP contribution < -0.4 is 0 Å². The lowest BCUT2D eigenvalue weighted by molar-refractivity contribution is -0.149. The van der Waals surface area contributed by atoms with Crippen LogP contribution in [0.3, 0.4) is 0 Å². The Balaban J connectivity index is 1.89. The molecule has 7 heteroatoms. The van der Waals surface area contributed by atoms with Crippen molar-refractivity contribution in [2.24, 2.45) is 5.92 Å². The molecule has 1 heterocycles. The molecule has 0 aliphatic carbocycles. The van der Waals surface area contributed by atoms with Crippen molar-refractivity contribution in [3.8, 4) is 6.07 Å². The first-order valence-electron chi connectivity index (χ1n) is 8.05. The van der Waals surface area contributed by atoms with Crippen molar-refractivity contribution in [3.05, 3.63) is 29.8 Å². The summed E-state index contributed by atoms with van der Waals surface area (Å²) in [6, 6.07) is 8.77. The van der Waals surface area contributed by atoms with E-state index in [1.54, 1.807) is 24.3 Å². The van der Waals surface area contributed by atoms with Crippen LogP contribution in [0.5, 0.6) is 0 Å². The van der Waals surface area contributed by atoms with E-state index in [9.17, 15) is 13.2 Å². The first-order chi connectivity index (χ1) is 11.4. The van der Waals surface area contributed by atoms with Crippen LogP contribution in [0.4, 0.5) is 0 Å². The standard InChI is InChI=1S/C17H22N2O4S/c1-14-4-6-16(7-5-14)24(21,22)19-11-8-15(9-12-19)17(20)23-13-3-2-10-18/h4-7,15H,2-3,8-9,11-13H2,1H3. The lowest BCUT2D eigenvalue weighted by Crippen LogP contribution is -2.40. The molecule has 0 atom stereocenters. The van der Waals surface area contributed by atoms with Gasteiger partial charge >= 0.3 is 5.97 Å². The first kappa shape index (κ1) is 18.4. The second-order valence-corrected chi connectivity index (χ2v) is 7.86. The quantitative estimate of drug-likeness (QED) is 0.580. The summed E-state index contributed by atoms with van der Waals surface area (Å²) in [6.45, 7) is 2.78. The summed E-state index contributed by atoms with van der Waals surface area (Å²) in [6.07, 6.45) is 1.81. The lowest BCUT2D eigenvalue weighted by Gasteiger charge is -2.30. The Labute approximate surface area is 143 Å². The fourth-order valence-electron chi connectivity index (χ4n) is 2.63. The van der Waals surface area contributed by atoms with Crippen LogP contribution in [-0.4, -0.2) is 38.4 Å². The third-order valence-corrected chi connectivity index (χ3v) is 6.04. The molecule has 1 aromatic rings. The van der Waals surface area contributed by atoms with Crippen molar-refractivity contribution in [2.75, 3.05) is 19.7 Å². The van der Waals surface area contributed by atoms with Gasteiger partial charge in [0.1, 0.15) is 0 Å². The predicted molar refractivity (Wildman–Crippen MR) is 88.5 cm³/mol. The van der Waals surface area contributed by atoms with Crippen molar-refractivity contribution >= 4 is 16.0 Å². The van der Waals surface area contributed by atoms with Gasteiger partial charge in [-0.2, -0.15) is 9.57 Å². The molecule has 0 bridgehead atoms.